The SMILES string of the molecule is CNc1sc(S(=O)(=O)NCC(F)F)cc1[N+](=O)[O-]. The Bertz CT molecular complexity index is 543. The summed E-state index contributed by atoms with van der Waals surface area (Å²) in [6.45, 7) is -1.04. The van der Waals surface area contributed by atoms with Crippen molar-refractivity contribution in [2.24, 2.45) is 0 Å². The van der Waals surface area contributed by atoms with Gasteiger partial charge in [0, 0.05) is 13.1 Å². The summed E-state index contributed by atoms with van der Waals surface area (Å²) in [5.41, 5.74) is -0.417. The van der Waals surface area contributed by atoms with Gasteiger partial charge in [-0.1, -0.05) is 11.3 Å². The summed E-state index contributed by atoms with van der Waals surface area (Å²) in [5, 5.41) is 13.1. The number of nitrogens with zero attached hydrogens (tertiary/aromatic N) is 1. The Morgan fingerprint density at radius 3 is 2.56 bits per heavy atom. The van der Waals surface area contributed by atoms with E-state index in [4.69, 9.17) is 0 Å². The van der Waals surface area contributed by atoms with Crippen molar-refractivity contribution in [1.82, 2.24) is 4.72 Å². The fraction of sp³-hybridized carbons (Fsp3) is 0.429. The lowest BCUT2D eigenvalue weighted by Gasteiger charge is -2.02. The van der Waals surface area contributed by atoms with Gasteiger partial charge in [0.2, 0.25) is 0 Å². The van der Waals surface area contributed by atoms with Crippen molar-refractivity contribution in [3.05, 3.63) is 16.2 Å². The number of nitro groups is 1. The van der Waals surface area contributed by atoms with E-state index in [1.165, 1.54) is 7.05 Å². The van der Waals surface area contributed by atoms with E-state index in [2.05, 4.69) is 5.32 Å². The molecule has 2 N–H and O–H groups in total. The molecule has 0 unspecified atom stereocenters. The maximum absolute atomic E-state index is 11.9. The molecule has 0 saturated carbocycles. The molecular weight excluding hydrogens is 292 g/mol. The number of sulfonamides is 1. The summed E-state index contributed by atoms with van der Waals surface area (Å²) in [6, 6.07) is 0.824. The number of rotatable bonds is 6. The van der Waals surface area contributed by atoms with Crippen LogP contribution in [0.5, 0.6) is 0 Å². The molecule has 1 aromatic heterocycles. The maximum atomic E-state index is 11.9. The Kier molecular flexibility index (Phi) is 4.53. The summed E-state index contributed by atoms with van der Waals surface area (Å²) in [4.78, 5) is 9.87. The molecule has 1 aromatic rings. The number of halogens is 2. The van der Waals surface area contributed by atoms with Crippen LogP contribution in [0.25, 0.3) is 0 Å². The third-order valence-corrected chi connectivity index (χ3v) is 4.85. The second-order valence-electron chi connectivity index (χ2n) is 3.03. The van der Waals surface area contributed by atoms with E-state index in [0.29, 0.717) is 11.3 Å². The van der Waals surface area contributed by atoms with Gasteiger partial charge < -0.3 is 5.32 Å². The molecular formula is C7H9F2N3O4S2. The largest absolute Gasteiger partial charge is 0.374 e. The maximum Gasteiger partial charge on any atom is 0.304 e. The van der Waals surface area contributed by atoms with E-state index in [9.17, 15) is 27.3 Å². The molecule has 0 fully saturated rings. The van der Waals surface area contributed by atoms with Gasteiger partial charge in [0.15, 0.2) is 5.00 Å². The van der Waals surface area contributed by atoms with E-state index < -0.39 is 33.6 Å². The second kappa shape index (κ2) is 5.54. The van der Waals surface area contributed by atoms with Crippen LogP contribution in [0, 0.1) is 10.1 Å². The highest BCUT2D eigenvalue weighted by Gasteiger charge is 2.26. The highest BCUT2D eigenvalue weighted by molar-refractivity contribution is 7.91. The zero-order valence-electron chi connectivity index (χ0n) is 9.01. The number of thiophene rings is 1. The Morgan fingerprint density at radius 2 is 2.17 bits per heavy atom. The van der Waals surface area contributed by atoms with Crippen LogP contribution in [-0.4, -0.2) is 33.4 Å². The molecule has 11 heteroatoms. The number of alkyl halides is 2. The number of nitrogens with one attached hydrogen (secondary N) is 2. The van der Waals surface area contributed by atoms with Crippen molar-refractivity contribution in [1.29, 1.82) is 0 Å². The molecule has 102 valence electrons. The van der Waals surface area contributed by atoms with Gasteiger partial charge in [-0.2, -0.15) is 0 Å². The summed E-state index contributed by atoms with van der Waals surface area (Å²) in [6.07, 6.45) is -2.83. The van der Waals surface area contributed by atoms with Crippen LogP contribution in [0.4, 0.5) is 19.5 Å². The topological polar surface area (TPSA) is 101 Å². The van der Waals surface area contributed by atoms with Gasteiger partial charge in [-0.3, -0.25) is 10.1 Å². The summed E-state index contributed by atoms with van der Waals surface area (Å²) in [7, 11) is -2.77. The molecule has 0 aliphatic heterocycles. The molecule has 0 aliphatic carbocycles. The van der Waals surface area contributed by atoms with Crippen molar-refractivity contribution in [3.63, 3.8) is 0 Å². The van der Waals surface area contributed by atoms with Gasteiger partial charge in [0.25, 0.3) is 16.4 Å². The van der Waals surface area contributed by atoms with Crippen LogP contribution >= 0.6 is 11.3 Å². The van der Waals surface area contributed by atoms with E-state index in [0.717, 1.165) is 6.07 Å². The predicted octanol–water partition coefficient (Wildman–Crippen LogP) is 1.24. The van der Waals surface area contributed by atoms with Gasteiger partial charge in [-0.15, -0.1) is 0 Å². The fourth-order valence-corrected chi connectivity index (χ4v) is 3.38. The summed E-state index contributed by atoms with van der Waals surface area (Å²) >= 11 is 0.598. The van der Waals surface area contributed by atoms with E-state index in [1.807, 2.05) is 0 Å². The van der Waals surface area contributed by atoms with Gasteiger partial charge in [-0.25, -0.2) is 21.9 Å². The Balaban J connectivity index is 3.06. The molecule has 1 rings (SSSR count). The van der Waals surface area contributed by atoms with Gasteiger partial charge in [-0.05, 0) is 0 Å². The van der Waals surface area contributed by atoms with Crippen LogP contribution in [0.1, 0.15) is 0 Å². The highest BCUT2D eigenvalue weighted by atomic mass is 32.2. The third kappa shape index (κ3) is 3.34. The minimum atomic E-state index is -4.16. The van der Waals surface area contributed by atoms with Crippen molar-refractivity contribution >= 4 is 32.0 Å². The molecule has 0 aromatic carbocycles. The smallest absolute Gasteiger partial charge is 0.304 e. The monoisotopic (exact) mass is 301 g/mol. The van der Waals surface area contributed by atoms with Crippen LogP contribution in [-0.2, 0) is 10.0 Å². The van der Waals surface area contributed by atoms with Crippen LogP contribution in [0.2, 0.25) is 0 Å². The van der Waals surface area contributed by atoms with E-state index in [1.54, 1.807) is 4.72 Å². The first-order chi connectivity index (χ1) is 8.27. The molecule has 7 nitrogen and oxygen atoms in total. The lowest BCUT2D eigenvalue weighted by atomic mass is 10.5. The average Bonchev–Trinajstić information content (AvgIpc) is 2.71. The Labute approximate surface area is 105 Å². The van der Waals surface area contributed by atoms with Crippen LogP contribution < -0.4 is 10.0 Å². The molecule has 0 saturated heterocycles. The zero-order valence-corrected chi connectivity index (χ0v) is 10.6. The summed E-state index contributed by atoms with van der Waals surface area (Å²) < 4.78 is 48.2. The minimum absolute atomic E-state index is 0.0393. The Morgan fingerprint density at radius 1 is 1.56 bits per heavy atom. The highest BCUT2D eigenvalue weighted by Crippen LogP contribution is 2.36. The molecule has 18 heavy (non-hydrogen) atoms. The van der Waals surface area contributed by atoms with Crippen molar-refractivity contribution in [3.8, 4) is 0 Å². The number of hydrogen-bond acceptors (Lipinski definition) is 6. The van der Waals surface area contributed by atoms with Crippen molar-refractivity contribution in [2.75, 3.05) is 18.9 Å². The molecule has 0 radical (unpaired) electrons. The lowest BCUT2D eigenvalue weighted by Crippen LogP contribution is -2.28. The van der Waals surface area contributed by atoms with Crippen LogP contribution in [0.3, 0.4) is 0 Å². The molecule has 0 aliphatic rings. The Hall–Kier alpha value is -1.33. The molecule has 0 atom stereocenters. The van der Waals surface area contributed by atoms with Crippen molar-refractivity contribution in [2.45, 2.75) is 10.6 Å². The number of anilines is 1. The van der Waals surface area contributed by atoms with Gasteiger partial charge in [0.1, 0.15) is 4.21 Å². The molecule has 0 spiro atoms. The van der Waals surface area contributed by atoms with Gasteiger partial charge >= 0.3 is 5.69 Å². The minimum Gasteiger partial charge on any atom is -0.374 e. The normalized spacial score (nSPS) is 11.8. The van der Waals surface area contributed by atoms with Gasteiger partial charge in [0.05, 0.1) is 11.5 Å². The zero-order chi connectivity index (χ0) is 13.9. The standard InChI is InChI=1S/C7H9F2N3O4S2/c1-10-7-4(12(13)14)2-6(17-7)18(15,16)11-3-5(8)9/h2,5,10-11H,3H2,1H3. The fourth-order valence-electron chi connectivity index (χ4n) is 1.05. The second-order valence-corrected chi connectivity index (χ2v) is 6.08. The first-order valence-electron chi connectivity index (χ1n) is 4.51. The van der Waals surface area contributed by atoms with Crippen LogP contribution in [0.15, 0.2) is 10.3 Å². The molecule has 0 amide bonds. The van der Waals surface area contributed by atoms with E-state index >= 15 is 0 Å². The first-order valence-corrected chi connectivity index (χ1v) is 6.81. The predicted molar refractivity (Wildman–Crippen MR) is 61.7 cm³/mol. The summed E-state index contributed by atoms with van der Waals surface area (Å²) in [5.74, 6) is 0. The third-order valence-electron chi connectivity index (χ3n) is 1.81. The molecule has 0 bridgehead atoms. The number of hydrogen-bond donors (Lipinski definition) is 2. The van der Waals surface area contributed by atoms with E-state index in [-0.39, 0.29) is 9.21 Å². The average molecular weight is 301 g/mol. The lowest BCUT2D eigenvalue weighted by molar-refractivity contribution is -0.383. The quantitative estimate of drug-likeness (QED) is 0.608. The first kappa shape index (κ1) is 14.7. The van der Waals surface area contributed by atoms with Crippen molar-refractivity contribution < 1.29 is 22.1 Å². The molecule has 1 heterocycles.